The summed E-state index contributed by atoms with van der Waals surface area (Å²) in [4.78, 5) is 4.08. The van der Waals surface area contributed by atoms with E-state index >= 15 is 0 Å². The fourth-order valence-corrected chi connectivity index (χ4v) is 1.25. The summed E-state index contributed by atoms with van der Waals surface area (Å²) in [7, 11) is 7.94. The molecule has 0 spiro atoms. The van der Waals surface area contributed by atoms with Crippen LogP contribution in [-0.2, 0) is 16.5 Å². The van der Waals surface area contributed by atoms with E-state index in [-0.39, 0.29) is 28.3 Å². The van der Waals surface area contributed by atoms with E-state index < -0.39 is 0 Å². The van der Waals surface area contributed by atoms with Gasteiger partial charge < -0.3 is 20.0 Å². The maximum atomic E-state index is 8.43. The normalized spacial score (nSPS) is 13.8. The van der Waals surface area contributed by atoms with Gasteiger partial charge >= 0.3 is 16.5 Å². The van der Waals surface area contributed by atoms with Crippen LogP contribution < -0.4 is 0 Å². The van der Waals surface area contributed by atoms with Crippen molar-refractivity contribution in [3.8, 4) is 0 Å². The summed E-state index contributed by atoms with van der Waals surface area (Å²) in [5.41, 5.74) is 0. The van der Waals surface area contributed by atoms with E-state index in [0.29, 0.717) is 0 Å². The van der Waals surface area contributed by atoms with Crippen molar-refractivity contribution in [3.63, 3.8) is 0 Å². The Morgan fingerprint density at radius 3 is 1.12 bits per heavy atom. The van der Waals surface area contributed by atoms with Gasteiger partial charge in [0.25, 0.3) is 0 Å². The summed E-state index contributed by atoms with van der Waals surface area (Å²) in [6, 6.07) is 0. The van der Waals surface area contributed by atoms with Crippen molar-refractivity contribution in [2.75, 3.05) is 41.3 Å². The topological polar surface area (TPSA) is 46.9 Å². The number of aliphatic hydroxyl groups is 2. The molecule has 0 aliphatic carbocycles. The molecule has 4 nitrogen and oxygen atoms in total. The van der Waals surface area contributed by atoms with Gasteiger partial charge in [0, 0.05) is 0 Å². The standard InChI is InChI=1S/2C6H14NO.Ni/c2*1-6(5-8)4-7(2)3;/h2*5-6,8H,4H2,1-3H3;/q2*-1;+2. The Labute approximate surface area is 117 Å². The molecule has 2 atom stereocenters. The van der Waals surface area contributed by atoms with Crippen LogP contribution in [0.4, 0.5) is 0 Å². The molecule has 0 radical (unpaired) electrons. The second kappa shape index (κ2) is 14.4. The van der Waals surface area contributed by atoms with Crippen molar-refractivity contribution < 1.29 is 26.7 Å². The van der Waals surface area contributed by atoms with E-state index in [1.807, 2.05) is 51.8 Å². The molecule has 0 heterocycles. The minimum Gasteiger partial charge on any atom is -0.566 e. The summed E-state index contributed by atoms with van der Waals surface area (Å²) in [6.45, 7) is 8.22. The monoisotopic (exact) mass is 290 g/mol. The Morgan fingerprint density at radius 1 is 0.824 bits per heavy atom. The zero-order valence-corrected chi connectivity index (χ0v) is 12.8. The summed E-state index contributed by atoms with van der Waals surface area (Å²) < 4.78 is 0. The van der Waals surface area contributed by atoms with Gasteiger partial charge in [-0.3, -0.25) is 0 Å². The molecule has 0 bridgehead atoms. The molecule has 17 heavy (non-hydrogen) atoms. The van der Waals surface area contributed by atoms with Gasteiger partial charge in [-0.05, 0) is 41.3 Å². The minimum atomic E-state index is 0. The Hall–Kier alpha value is 0.334. The molecule has 5 heteroatoms. The molecule has 0 aliphatic rings. The summed E-state index contributed by atoms with van der Waals surface area (Å²) >= 11 is 0. The first-order chi connectivity index (χ1) is 7.33. The quantitative estimate of drug-likeness (QED) is 0.574. The molecule has 0 aromatic heterocycles. The number of rotatable bonds is 6. The largest absolute Gasteiger partial charge is 2.00 e. The molecule has 0 aliphatic heterocycles. The van der Waals surface area contributed by atoms with Crippen LogP contribution in [0, 0.1) is 25.0 Å². The van der Waals surface area contributed by atoms with Gasteiger partial charge in [0.2, 0.25) is 0 Å². The fraction of sp³-hybridized carbons (Fsp3) is 0.833. The summed E-state index contributed by atoms with van der Waals surface area (Å²) in [6.07, 6.45) is 0. The van der Waals surface area contributed by atoms with Gasteiger partial charge in [-0.25, -0.2) is 13.2 Å². The third kappa shape index (κ3) is 22.1. The Bertz CT molecular complexity index is 130. The zero-order chi connectivity index (χ0) is 13.1. The minimum absolute atomic E-state index is 0. The van der Waals surface area contributed by atoms with Crippen LogP contribution in [0.3, 0.4) is 0 Å². The third-order valence-electron chi connectivity index (χ3n) is 1.82. The van der Waals surface area contributed by atoms with Crippen LogP contribution in [0.1, 0.15) is 13.8 Å². The second-order valence-corrected chi connectivity index (χ2v) is 4.78. The molecule has 2 unspecified atom stereocenters. The van der Waals surface area contributed by atoms with E-state index in [0.717, 1.165) is 13.1 Å². The van der Waals surface area contributed by atoms with E-state index in [4.69, 9.17) is 10.2 Å². The van der Waals surface area contributed by atoms with Crippen LogP contribution in [0.25, 0.3) is 0 Å². The van der Waals surface area contributed by atoms with Crippen molar-refractivity contribution in [1.82, 2.24) is 9.80 Å². The van der Waals surface area contributed by atoms with Gasteiger partial charge in [0.15, 0.2) is 0 Å². The van der Waals surface area contributed by atoms with Gasteiger partial charge in [-0.2, -0.15) is 0 Å². The van der Waals surface area contributed by atoms with Crippen LogP contribution in [0.15, 0.2) is 0 Å². The molecule has 0 saturated carbocycles. The van der Waals surface area contributed by atoms with Crippen molar-refractivity contribution in [1.29, 1.82) is 0 Å². The van der Waals surface area contributed by atoms with Gasteiger partial charge in [0.05, 0.1) is 0 Å². The number of hydrogen-bond donors (Lipinski definition) is 2. The van der Waals surface area contributed by atoms with Gasteiger partial charge in [-0.15, -0.1) is 11.8 Å². The molecule has 0 saturated heterocycles. The molecule has 2 N–H and O–H groups in total. The second-order valence-electron chi connectivity index (χ2n) is 4.78. The van der Waals surface area contributed by atoms with E-state index in [2.05, 4.69) is 0 Å². The summed E-state index contributed by atoms with van der Waals surface area (Å²) in [5, 5.41) is 16.9. The zero-order valence-electron chi connectivity index (χ0n) is 11.8. The van der Waals surface area contributed by atoms with E-state index in [9.17, 15) is 0 Å². The van der Waals surface area contributed by atoms with Crippen molar-refractivity contribution >= 4 is 0 Å². The molecular formula is C12H28N2NiO2. The molecule has 0 amide bonds. The SMILES string of the molecule is CC([CH-]O)CN(C)C.CC([CH-]O)CN(C)C.[Ni+2]. The number of aliphatic hydroxyl groups excluding tert-OH is 2. The molecule has 108 valence electrons. The fourth-order valence-electron chi connectivity index (χ4n) is 1.25. The molecule has 0 aromatic rings. The molecule has 0 aromatic carbocycles. The van der Waals surface area contributed by atoms with Crippen molar-refractivity contribution in [3.05, 3.63) is 13.2 Å². The van der Waals surface area contributed by atoms with Gasteiger partial charge in [-0.1, -0.05) is 13.8 Å². The van der Waals surface area contributed by atoms with E-state index in [1.165, 1.54) is 13.2 Å². The van der Waals surface area contributed by atoms with Crippen molar-refractivity contribution in [2.45, 2.75) is 13.8 Å². The molecular weight excluding hydrogens is 263 g/mol. The van der Waals surface area contributed by atoms with Crippen LogP contribution in [0.2, 0.25) is 0 Å². The first-order valence-electron chi connectivity index (χ1n) is 5.58. The molecule has 0 fully saturated rings. The first kappa shape index (κ1) is 22.5. The Kier molecular flexibility index (Phi) is 19.1. The predicted molar refractivity (Wildman–Crippen MR) is 67.9 cm³/mol. The Morgan fingerprint density at radius 2 is 1.06 bits per heavy atom. The maximum absolute atomic E-state index is 8.43. The first-order valence-corrected chi connectivity index (χ1v) is 5.58. The molecule has 0 rings (SSSR count). The average molecular weight is 291 g/mol. The summed E-state index contributed by atoms with van der Waals surface area (Å²) in [5.74, 6) is 0.565. The maximum Gasteiger partial charge on any atom is 2.00 e. The van der Waals surface area contributed by atoms with Crippen LogP contribution >= 0.6 is 0 Å². The Balaban J connectivity index is -0.000000218. The van der Waals surface area contributed by atoms with Crippen molar-refractivity contribution in [2.24, 2.45) is 11.8 Å². The van der Waals surface area contributed by atoms with E-state index in [1.54, 1.807) is 0 Å². The van der Waals surface area contributed by atoms with Gasteiger partial charge in [0.1, 0.15) is 0 Å². The average Bonchev–Trinajstić information content (AvgIpc) is 2.16. The third-order valence-corrected chi connectivity index (χ3v) is 1.82. The predicted octanol–water partition coefficient (Wildman–Crippen LogP) is 1.43. The number of nitrogens with zero attached hydrogens (tertiary/aromatic N) is 2. The van der Waals surface area contributed by atoms with Crippen LogP contribution in [-0.4, -0.2) is 61.3 Å². The number of hydrogen-bond acceptors (Lipinski definition) is 4. The van der Waals surface area contributed by atoms with Crippen LogP contribution in [0.5, 0.6) is 0 Å². The smallest absolute Gasteiger partial charge is 0.566 e.